The minimum atomic E-state index is -1.14. The van der Waals surface area contributed by atoms with Crippen LogP contribution in [0.25, 0.3) is 0 Å². The summed E-state index contributed by atoms with van der Waals surface area (Å²) in [5, 5.41) is 10.8. The van der Waals surface area contributed by atoms with Crippen molar-refractivity contribution in [3.8, 4) is 0 Å². The van der Waals surface area contributed by atoms with Crippen LogP contribution in [0.1, 0.15) is 19.8 Å². The van der Waals surface area contributed by atoms with Crippen LogP contribution in [0.3, 0.4) is 0 Å². The van der Waals surface area contributed by atoms with Crippen LogP contribution in [0.15, 0.2) is 0 Å². The zero-order valence-electron chi connectivity index (χ0n) is 7.90. The molecule has 0 saturated carbocycles. The van der Waals surface area contributed by atoms with Crippen molar-refractivity contribution in [3.63, 3.8) is 0 Å². The predicted octanol–water partition coefficient (Wildman–Crippen LogP) is -1.12. The van der Waals surface area contributed by atoms with Crippen molar-refractivity contribution in [1.82, 2.24) is 5.32 Å². The van der Waals surface area contributed by atoms with E-state index in [4.69, 9.17) is 10.8 Å². The maximum atomic E-state index is 11.0. The molecule has 0 bridgehead atoms. The largest absolute Gasteiger partial charge is 0.480 e. The zero-order chi connectivity index (χ0) is 11.1. The van der Waals surface area contributed by atoms with E-state index >= 15 is 0 Å². The molecule has 0 heterocycles. The zero-order valence-corrected chi connectivity index (χ0v) is 7.90. The molecule has 0 radical (unpaired) electrons. The van der Waals surface area contributed by atoms with Gasteiger partial charge in [-0.05, 0) is 13.3 Å². The first kappa shape index (κ1) is 12.6. The number of carbonyl (C=O) groups excluding carboxylic acids is 2. The molecule has 80 valence electrons. The predicted molar refractivity (Wildman–Crippen MR) is 48.5 cm³/mol. The van der Waals surface area contributed by atoms with Gasteiger partial charge in [-0.25, -0.2) is 0 Å². The normalized spacial score (nSPS) is 14.1. The standard InChI is InChI=1S/C8H14N2O4/c1-5(4-11)10-7(12)3-2-6(9)8(13)14/h4-6H,2-3,9H2,1H3,(H,10,12)(H,13,14)/t5-,6-/m0/s1. The van der Waals surface area contributed by atoms with E-state index < -0.39 is 18.1 Å². The average molecular weight is 202 g/mol. The lowest BCUT2D eigenvalue weighted by molar-refractivity contribution is -0.138. The van der Waals surface area contributed by atoms with Crippen LogP contribution < -0.4 is 11.1 Å². The molecule has 0 aliphatic carbocycles. The topological polar surface area (TPSA) is 109 Å². The van der Waals surface area contributed by atoms with Crippen molar-refractivity contribution in [2.24, 2.45) is 5.73 Å². The van der Waals surface area contributed by atoms with E-state index in [9.17, 15) is 14.4 Å². The molecule has 14 heavy (non-hydrogen) atoms. The highest BCUT2D eigenvalue weighted by atomic mass is 16.4. The Labute approximate surface area is 81.5 Å². The van der Waals surface area contributed by atoms with Crippen LogP contribution in [-0.4, -0.2) is 35.4 Å². The van der Waals surface area contributed by atoms with E-state index in [-0.39, 0.29) is 18.7 Å². The third kappa shape index (κ3) is 5.26. The van der Waals surface area contributed by atoms with Gasteiger partial charge in [0.2, 0.25) is 5.91 Å². The number of carboxylic acid groups (broad SMARTS) is 1. The van der Waals surface area contributed by atoms with Crippen LogP contribution in [0, 0.1) is 0 Å². The number of hydrogen-bond donors (Lipinski definition) is 3. The quantitative estimate of drug-likeness (QED) is 0.473. The summed E-state index contributed by atoms with van der Waals surface area (Å²) in [6.45, 7) is 1.53. The Morgan fingerprint density at radius 3 is 2.57 bits per heavy atom. The van der Waals surface area contributed by atoms with E-state index in [0.29, 0.717) is 6.29 Å². The number of nitrogens with one attached hydrogen (secondary N) is 1. The van der Waals surface area contributed by atoms with Gasteiger partial charge in [-0.15, -0.1) is 0 Å². The maximum absolute atomic E-state index is 11.0. The number of aldehydes is 1. The van der Waals surface area contributed by atoms with E-state index in [1.54, 1.807) is 0 Å². The van der Waals surface area contributed by atoms with Gasteiger partial charge in [0.15, 0.2) is 0 Å². The van der Waals surface area contributed by atoms with Gasteiger partial charge < -0.3 is 21.0 Å². The molecule has 0 aromatic carbocycles. The Kier molecular flexibility index (Phi) is 5.47. The second-order valence-corrected chi connectivity index (χ2v) is 2.98. The first-order chi connectivity index (χ1) is 6.47. The lowest BCUT2D eigenvalue weighted by Crippen LogP contribution is -2.36. The first-order valence-electron chi connectivity index (χ1n) is 4.20. The Balaban J connectivity index is 3.74. The van der Waals surface area contributed by atoms with E-state index in [1.165, 1.54) is 6.92 Å². The molecule has 0 fully saturated rings. The summed E-state index contributed by atoms with van der Waals surface area (Å²) in [4.78, 5) is 31.5. The monoisotopic (exact) mass is 202 g/mol. The summed E-state index contributed by atoms with van der Waals surface area (Å²) in [5.41, 5.74) is 5.18. The second kappa shape index (κ2) is 6.09. The molecular formula is C8H14N2O4. The summed E-state index contributed by atoms with van der Waals surface area (Å²) in [5.74, 6) is -1.51. The molecule has 6 heteroatoms. The smallest absolute Gasteiger partial charge is 0.320 e. The number of carbonyl (C=O) groups is 3. The van der Waals surface area contributed by atoms with Gasteiger partial charge in [0.25, 0.3) is 0 Å². The third-order valence-electron chi connectivity index (χ3n) is 1.59. The Morgan fingerprint density at radius 2 is 2.14 bits per heavy atom. The molecule has 0 saturated heterocycles. The lowest BCUT2D eigenvalue weighted by atomic mass is 10.1. The van der Waals surface area contributed by atoms with E-state index in [0.717, 1.165) is 0 Å². The fourth-order valence-electron chi connectivity index (χ4n) is 0.770. The molecular weight excluding hydrogens is 188 g/mol. The van der Waals surface area contributed by atoms with Crippen molar-refractivity contribution in [2.75, 3.05) is 0 Å². The maximum Gasteiger partial charge on any atom is 0.320 e. The molecule has 6 nitrogen and oxygen atoms in total. The van der Waals surface area contributed by atoms with Crippen LogP contribution in [0.4, 0.5) is 0 Å². The number of amides is 1. The minimum Gasteiger partial charge on any atom is -0.480 e. The second-order valence-electron chi connectivity index (χ2n) is 2.98. The molecule has 2 atom stereocenters. The minimum absolute atomic E-state index is 0.00560. The molecule has 0 aromatic heterocycles. The Bertz CT molecular complexity index is 229. The number of rotatable bonds is 6. The highest BCUT2D eigenvalue weighted by Crippen LogP contribution is 1.95. The highest BCUT2D eigenvalue weighted by molar-refractivity contribution is 5.80. The number of carboxylic acids is 1. The van der Waals surface area contributed by atoms with Crippen molar-refractivity contribution in [1.29, 1.82) is 0 Å². The van der Waals surface area contributed by atoms with Crippen molar-refractivity contribution >= 4 is 18.2 Å². The summed E-state index contributed by atoms with van der Waals surface area (Å²) in [7, 11) is 0. The summed E-state index contributed by atoms with van der Waals surface area (Å²) < 4.78 is 0. The van der Waals surface area contributed by atoms with Crippen LogP contribution in [0.2, 0.25) is 0 Å². The fourth-order valence-corrected chi connectivity index (χ4v) is 0.770. The van der Waals surface area contributed by atoms with Crippen molar-refractivity contribution in [2.45, 2.75) is 31.8 Å². The number of aliphatic carboxylic acids is 1. The molecule has 0 aliphatic heterocycles. The summed E-state index contributed by atoms with van der Waals surface area (Å²) in [6, 6.07) is -1.59. The van der Waals surface area contributed by atoms with Crippen LogP contribution in [0.5, 0.6) is 0 Å². The summed E-state index contributed by atoms with van der Waals surface area (Å²) >= 11 is 0. The Hall–Kier alpha value is -1.43. The molecule has 0 spiro atoms. The number of hydrogen-bond acceptors (Lipinski definition) is 4. The van der Waals surface area contributed by atoms with Crippen LogP contribution >= 0.6 is 0 Å². The molecule has 0 rings (SSSR count). The fraction of sp³-hybridized carbons (Fsp3) is 0.625. The number of nitrogens with two attached hydrogens (primary N) is 1. The molecule has 0 aromatic rings. The third-order valence-corrected chi connectivity index (χ3v) is 1.59. The van der Waals surface area contributed by atoms with Gasteiger partial charge >= 0.3 is 5.97 Å². The van der Waals surface area contributed by atoms with Gasteiger partial charge in [0.1, 0.15) is 12.3 Å². The van der Waals surface area contributed by atoms with Gasteiger partial charge in [0, 0.05) is 6.42 Å². The highest BCUT2D eigenvalue weighted by Gasteiger charge is 2.14. The van der Waals surface area contributed by atoms with Crippen LogP contribution in [-0.2, 0) is 14.4 Å². The van der Waals surface area contributed by atoms with Crippen molar-refractivity contribution in [3.05, 3.63) is 0 Å². The van der Waals surface area contributed by atoms with E-state index in [1.807, 2.05) is 0 Å². The first-order valence-corrected chi connectivity index (χ1v) is 4.20. The molecule has 4 N–H and O–H groups in total. The average Bonchev–Trinajstić information content (AvgIpc) is 2.13. The van der Waals surface area contributed by atoms with Gasteiger partial charge in [-0.3, -0.25) is 9.59 Å². The molecule has 0 aliphatic rings. The lowest BCUT2D eigenvalue weighted by Gasteiger charge is -2.08. The summed E-state index contributed by atoms with van der Waals surface area (Å²) in [6.07, 6.45) is 0.660. The SMILES string of the molecule is C[C@@H](C=O)NC(=O)CC[C@H](N)C(=O)O. The molecule has 0 unspecified atom stereocenters. The Morgan fingerprint density at radius 1 is 1.57 bits per heavy atom. The molecule has 1 amide bonds. The van der Waals surface area contributed by atoms with Gasteiger partial charge in [-0.1, -0.05) is 0 Å². The van der Waals surface area contributed by atoms with Gasteiger partial charge in [-0.2, -0.15) is 0 Å². The van der Waals surface area contributed by atoms with E-state index in [2.05, 4.69) is 5.32 Å². The van der Waals surface area contributed by atoms with Crippen molar-refractivity contribution < 1.29 is 19.5 Å². The van der Waals surface area contributed by atoms with Gasteiger partial charge in [0.05, 0.1) is 6.04 Å².